The van der Waals surface area contributed by atoms with Crippen LogP contribution in [0, 0.1) is 6.92 Å². The molecule has 1 atom stereocenters. The Balaban J connectivity index is 1.73. The first kappa shape index (κ1) is 20.1. The topological polar surface area (TPSA) is 73.3 Å². The van der Waals surface area contributed by atoms with Gasteiger partial charge in [0.1, 0.15) is 6.73 Å². The highest BCUT2D eigenvalue weighted by molar-refractivity contribution is 7.99. The van der Waals surface area contributed by atoms with Crippen molar-refractivity contribution < 1.29 is 9.47 Å². The Morgan fingerprint density at radius 1 is 1.00 bits per heavy atom. The minimum absolute atomic E-state index is 0.0262. The fourth-order valence-electron chi connectivity index (χ4n) is 2.51. The Morgan fingerprint density at radius 2 is 1.64 bits per heavy atom. The summed E-state index contributed by atoms with van der Waals surface area (Å²) in [5.74, 6) is 0. The highest BCUT2D eigenvalue weighted by atomic mass is 32.2. The maximum atomic E-state index is 12.4. The summed E-state index contributed by atoms with van der Waals surface area (Å²) in [4.78, 5) is 27.7. The molecule has 1 N–H and O–H groups in total. The zero-order chi connectivity index (χ0) is 19.9. The number of hydrogen-bond donors (Lipinski definition) is 1. The van der Waals surface area contributed by atoms with Crippen LogP contribution in [0.5, 0.6) is 0 Å². The molecular weight excluding hydrogens is 376 g/mol. The molecule has 3 aromatic rings. The largest absolute Gasteiger partial charge is 0.348 e. The molecule has 2 aromatic carbocycles. The Hall–Kier alpha value is -2.61. The normalized spacial score (nSPS) is 12.1. The third-order valence-electron chi connectivity index (χ3n) is 4.10. The van der Waals surface area contributed by atoms with Gasteiger partial charge in [0.2, 0.25) is 0 Å². The number of aromatic amines is 1. The van der Waals surface area contributed by atoms with Gasteiger partial charge >= 0.3 is 5.69 Å². The Kier molecular flexibility index (Phi) is 6.86. The van der Waals surface area contributed by atoms with E-state index < -0.39 is 17.5 Å². The number of hydrogen-bond acceptors (Lipinski definition) is 5. The zero-order valence-corrected chi connectivity index (χ0v) is 16.6. The van der Waals surface area contributed by atoms with Crippen molar-refractivity contribution in [2.45, 2.75) is 43.4 Å². The van der Waals surface area contributed by atoms with E-state index in [4.69, 9.17) is 9.47 Å². The fourth-order valence-corrected chi connectivity index (χ4v) is 3.52. The first-order valence-corrected chi connectivity index (χ1v) is 9.70. The van der Waals surface area contributed by atoms with E-state index in [1.54, 1.807) is 13.8 Å². The van der Waals surface area contributed by atoms with Gasteiger partial charge in [0.25, 0.3) is 5.56 Å². The minimum Gasteiger partial charge on any atom is -0.348 e. The van der Waals surface area contributed by atoms with Gasteiger partial charge in [-0.15, -0.1) is 0 Å². The number of benzene rings is 2. The summed E-state index contributed by atoms with van der Waals surface area (Å²) in [5, 5.41) is 0.551. The average molecular weight is 398 g/mol. The summed E-state index contributed by atoms with van der Waals surface area (Å²) in [6.07, 6.45) is -0.520. The molecule has 6 nitrogen and oxygen atoms in total. The number of nitrogens with zero attached hydrogens (tertiary/aromatic N) is 1. The van der Waals surface area contributed by atoms with E-state index in [0.717, 1.165) is 10.5 Å². The average Bonchev–Trinajstić information content (AvgIpc) is 2.71. The third kappa shape index (κ3) is 5.22. The van der Waals surface area contributed by atoms with E-state index in [0.29, 0.717) is 17.2 Å². The zero-order valence-electron chi connectivity index (χ0n) is 15.8. The third-order valence-corrected chi connectivity index (χ3v) is 5.32. The first-order valence-electron chi connectivity index (χ1n) is 8.88. The van der Waals surface area contributed by atoms with Gasteiger partial charge in [0, 0.05) is 10.5 Å². The highest BCUT2D eigenvalue weighted by Gasteiger charge is 2.14. The molecule has 7 heteroatoms. The molecule has 0 saturated carbocycles. The molecule has 0 aliphatic rings. The Labute approximate surface area is 167 Å². The van der Waals surface area contributed by atoms with Crippen molar-refractivity contribution in [2.75, 3.05) is 0 Å². The van der Waals surface area contributed by atoms with Crippen LogP contribution in [-0.2, 0) is 22.8 Å². The molecule has 1 aromatic heterocycles. The van der Waals surface area contributed by atoms with Crippen LogP contribution in [0.1, 0.15) is 18.1 Å². The van der Waals surface area contributed by atoms with Gasteiger partial charge in [-0.05, 0) is 31.5 Å². The smallest absolute Gasteiger partial charge is 0.331 e. The minimum atomic E-state index is -0.520. The van der Waals surface area contributed by atoms with E-state index in [1.165, 1.54) is 16.3 Å². The van der Waals surface area contributed by atoms with Gasteiger partial charge in [-0.25, -0.2) is 4.79 Å². The quantitative estimate of drug-likeness (QED) is 0.464. The van der Waals surface area contributed by atoms with Crippen molar-refractivity contribution in [2.24, 2.45) is 0 Å². The van der Waals surface area contributed by atoms with Gasteiger partial charge in [-0.1, -0.05) is 60.3 Å². The second kappa shape index (κ2) is 9.54. The van der Waals surface area contributed by atoms with Gasteiger partial charge in [-0.2, -0.15) is 0 Å². The number of aromatic nitrogens is 2. The molecule has 0 saturated heterocycles. The second-order valence-electron chi connectivity index (χ2n) is 6.19. The van der Waals surface area contributed by atoms with Crippen molar-refractivity contribution in [1.82, 2.24) is 9.55 Å². The number of ether oxygens (including phenoxy) is 2. The summed E-state index contributed by atoms with van der Waals surface area (Å²) in [5.41, 5.74) is 0.600. The second-order valence-corrected chi connectivity index (χ2v) is 7.25. The van der Waals surface area contributed by atoms with Crippen molar-refractivity contribution in [3.8, 4) is 0 Å². The van der Waals surface area contributed by atoms with Crippen LogP contribution in [0.3, 0.4) is 0 Å². The molecule has 0 spiro atoms. The van der Waals surface area contributed by atoms with E-state index in [1.807, 2.05) is 60.7 Å². The molecule has 0 fully saturated rings. The summed E-state index contributed by atoms with van der Waals surface area (Å²) >= 11 is 1.35. The molecule has 1 unspecified atom stereocenters. The molecular formula is C21H22N2O4S. The van der Waals surface area contributed by atoms with Crippen LogP contribution in [-0.4, -0.2) is 15.8 Å². The maximum absolute atomic E-state index is 12.4. The summed E-state index contributed by atoms with van der Waals surface area (Å²) < 4.78 is 12.8. The van der Waals surface area contributed by atoms with Crippen LogP contribution in [0.15, 0.2) is 80.2 Å². The van der Waals surface area contributed by atoms with Crippen LogP contribution >= 0.6 is 11.8 Å². The lowest BCUT2D eigenvalue weighted by Crippen LogP contribution is -2.34. The molecule has 28 heavy (non-hydrogen) atoms. The molecule has 146 valence electrons. The van der Waals surface area contributed by atoms with Crippen LogP contribution in [0.2, 0.25) is 0 Å². The Bertz CT molecular complexity index is 1020. The summed E-state index contributed by atoms with van der Waals surface area (Å²) in [7, 11) is 0. The van der Waals surface area contributed by atoms with Crippen molar-refractivity contribution >= 4 is 11.8 Å². The number of H-pyrrole nitrogens is 1. The molecule has 0 aliphatic heterocycles. The lowest BCUT2D eigenvalue weighted by atomic mass is 10.2. The summed E-state index contributed by atoms with van der Waals surface area (Å²) in [6, 6.07) is 19.3. The summed E-state index contributed by atoms with van der Waals surface area (Å²) in [6.45, 7) is 3.85. The highest BCUT2D eigenvalue weighted by Crippen LogP contribution is 2.27. The molecule has 0 amide bonds. The van der Waals surface area contributed by atoms with Crippen LogP contribution < -0.4 is 11.2 Å². The van der Waals surface area contributed by atoms with Crippen LogP contribution in [0.4, 0.5) is 0 Å². The van der Waals surface area contributed by atoms with E-state index in [-0.39, 0.29) is 6.73 Å². The van der Waals surface area contributed by atoms with Gasteiger partial charge in [0.05, 0.1) is 11.6 Å². The first-order chi connectivity index (χ1) is 13.5. The van der Waals surface area contributed by atoms with Gasteiger partial charge in [0.15, 0.2) is 6.29 Å². The van der Waals surface area contributed by atoms with E-state index in [2.05, 4.69) is 4.98 Å². The van der Waals surface area contributed by atoms with Crippen molar-refractivity contribution in [3.63, 3.8) is 0 Å². The SMILES string of the molecule is Cc1c(Sc2ccccc2)n(COC(C)OCc2ccccc2)c(=O)[nH]c1=O. The van der Waals surface area contributed by atoms with Crippen molar-refractivity contribution in [3.05, 3.63) is 92.6 Å². The van der Waals surface area contributed by atoms with E-state index in [9.17, 15) is 9.59 Å². The van der Waals surface area contributed by atoms with Gasteiger partial charge < -0.3 is 9.47 Å². The van der Waals surface area contributed by atoms with E-state index >= 15 is 0 Å². The van der Waals surface area contributed by atoms with Crippen LogP contribution in [0.25, 0.3) is 0 Å². The maximum Gasteiger partial charge on any atom is 0.331 e. The predicted octanol–water partition coefficient (Wildman–Crippen LogP) is 3.53. The molecule has 0 bridgehead atoms. The monoisotopic (exact) mass is 398 g/mol. The number of nitrogens with one attached hydrogen (secondary N) is 1. The fraction of sp³-hybridized carbons (Fsp3) is 0.238. The van der Waals surface area contributed by atoms with Crippen molar-refractivity contribution in [1.29, 1.82) is 0 Å². The molecule has 0 radical (unpaired) electrons. The predicted molar refractivity (Wildman–Crippen MR) is 108 cm³/mol. The Morgan fingerprint density at radius 3 is 2.32 bits per heavy atom. The van der Waals surface area contributed by atoms with Gasteiger partial charge in [-0.3, -0.25) is 14.3 Å². The standard InChI is InChI=1S/C21H22N2O4S/c1-15-19(24)22-21(25)23(20(15)28-18-11-7-4-8-12-18)14-27-16(2)26-13-17-9-5-3-6-10-17/h3-12,16H,13-14H2,1-2H3,(H,22,24,25). The lowest BCUT2D eigenvalue weighted by Gasteiger charge is -2.18. The lowest BCUT2D eigenvalue weighted by molar-refractivity contribution is -0.160. The molecule has 3 rings (SSSR count). The molecule has 0 aliphatic carbocycles. The molecule has 1 heterocycles. The number of rotatable bonds is 8.